The average Bonchev–Trinajstić information content (AvgIpc) is 3.23. The van der Waals surface area contributed by atoms with Crippen molar-refractivity contribution in [1.82, 2.24) is 0 Å². The second-order valence-electron chi connectivity index (χ2n) is 16.4. The lowest BCUT2D eigenvalue weighted by molar-refractivity contribution is -0.384. The van der Waals surface area contributed by atoms with E-state index in [9.17, 15) is 0 Å². The van der Waals surface area contributed by atoms with Crippen molar-refractivity contribution in [3.05, 3.63) is 172 Å². The molecule has 5 atom stereocenters. The topological polar surface area (TPSA) is 64.6 Å². The second-order valence-corrected chi connectivity index (χ2v) is 21.6. The summed E-state index contributed by atoms with van der Waals surface area (Å²) in [6, 6.07) is 44.5. The van der Waals surface area contributed by atoms with E-state index in [1.54, 1.807) is 7.11 Å². The first-order valence-corrected chi connectivity index (χ1v) is 23.5. The monoisotopic (exact) mass is 822 g/mol. The van der Waals surface area contributed by atoms with E-state index in [1.807, 2.05) is 85.8 Å². The number of ether oxygens (including phenoxy) is 6. The van der Waals surface area contributed by atoms with E-state index in [1.165, 1.54) is 0 Å². The fourth-order valence-electron chi connectivity index (χ4n) is 7.01. The molecule has 1 heterocycles. The van der Waals surface area contributed by atoms with Gasteiger partial charge in [-0.1, -0.05) is 142 Å². The van der Waals surface area contributed by atoms with Crippen LogP contribution in [0.2, 0.25) is 23.2 Å². The molecule has 0 bridgehead atoms. The molecule has 308 valence electrons. The minimum atomic E-state index is -2.25. The van der Waals surface area contributed by atoms with E-state index >= 15 is 0 Å². The highest BCUT2D eigenvalue weighted by Crippen LogP contribution is 2.46. The molecule has 0 aromatic heterocycles. The van der Waals surface area contributed by atoms with Gasteiger partial charge in [-0.15, -0.1) is 0 Å². The summed E-state index contributed by atoms with van der Waals surface area (Å²) in [4.78, 5) is 0. The smallest absolute Gasteiger partial charge is 0.225 e. The zero-order valence-corrected chi connectivity index (χ0v) is 36.7. The first-order valence-electron chi connectivity index (χ1n) is 20.3. The summed E-state index contributed by atoms with van der Waals surface area (Å²) in [6.45, 7) is 15.0. The van der Waals surface area contributed by atoms with Gasteiger partial charge in [0.1, 0.15) is 30.2 Å². The van der Waals surface area contributed by atoms with Crippen LogP contribution in [0.4, 0.5) is 0 Å². The zero-order chi connectivity index (χ0) is 41.2. The molecule has 9 heteroatoms. The van der Waals surface area contributed by atoms with Crippen molar-refractivity contribution in [2.24, 2.45) is 0 Å². The molecule has 0 saturated carbocycles. The Balaban J connectivity index is 1.47. The van der Waals surface area contributed by atoms with Crippen LogP contribution >= 0.6 is 11.6 Å². The first kappa shape index (κ1) is 43.7. The van der Waals surface area contributed by atoms with E-state index in [0.717, 1.165) is 39.1 Å². The molecule has 58 heavy (non-hydrogen) atoms. The van der Waals surface area contributed by atoms with Gasteiger partial charge in [-0.2, -0.15) is 0 Å². The molecule has 0 amide bonds. The van der Waals surface area contributed by atoms with Gasteiger partial charge < -0.3 is 32.8 Å². The number of benzene rings is 5. The van der Waals surface area contributed by atoms with Crippen molar-refractivity contribution >= 4 is 19.9 Å². The molecule has 0 aliphatic carbocycles. The maximum absolute atomic E-state index is 7.37. The summed E-state index contributed by atoms with van der Waals surface area (Å²) >= 11 is 6.97. The van der Waals surface area contributed by atoms with Crippen LogP contribution in [0.3, 0.4) is 0 Å². The molecule has 1 aliphatic rings. The number of rotatable bonds is 18. The maximum Gasteiger partial charge on any atom is 0.225 e. The van der Waals surface area contributed by atoms with Crippen molar-refractivity contribution in [2.45, 2.75) is 102 Å². The summed E-state index contributed by atoms with van der Waals surface area (Å²) in [7, 11) is -0.583. The van der Waals surface area contributed by atoms with Crippen LogP contribution in [0.25, 0.3) is 0 Å². The molecule has 0 spiro atoms. The fraction of sp³-hybridized carbons (Fsp3) is 0.388. The van der Waals surface area contributed by atoms with Gasteiger partial charge in [0.2, 0.25) is 5.79 Å². The Kier molecular flexibility index (Phi) is 15.0. The lowest BCUT2D eigenvalue weighted by Gasteiger charge is -2.52. The number of hydrogen-bond donors (Lipinski definition) is 0. The summed E-state index contributed by atoms with van der Waals surface area (Å²) in [5.74, 6) is -0.627. The maximum atomic E-state index is 7.37. The van der Waals surface area contributed by atoms with Crippen LogP contribution in [-0.4, -0.2) is 53.1 Å². The van der Waals surface area contributed by atoms with Crippen molar-refractivity contribution in [3.63, 3.8) is 0 Å². The van der Waals surface area contributed by atoms with Gasteiger partial charge >= 0.3 is 0 Å². The lowest BCUT2D eigenvalue weighted by Crippen LogP contribution is -2.66. The van der Waals surface area contributed by atoms with Crippen LogP contribution in [0.1, 0.15) is 61.1 Å². The van der Waals surface area contributed by atoms with Crippen LogP contribution in [0, 0.1) is 0 Å². The zero-order valence-electron chi connectivity index (χ0n) is 35.0. The number of methoxy groups -OCH3 is 1. The Morgan fingerprint density at radius 3 is 1.72 bits per heavy atom. The molecule has 1 fully saturated rings. The Hall–Kier alpha value is -3.83. The minimum Gasteiger partial charge on any atom is -0.494 e. The largest absolute Gasteiger partial charge is 0.494 e. The summed E-state index contributed by atoms with van der Waals surface area (Å²) in [5, 5.41) is 0.608. The fourth-order valence-corrected chi connectivity index (χ4v) is 8.21. The average molecular weight is 824 g/mol. The third-order valence-electron chi connectivity index (χ3n) is 11.3. The van der Waals surface area contributed by atoms with Gasteiger partial charge in [0.15, 0.2) is 8.32 Å². The predicted molar refractivity (Wildman–Crippen MR) is 234 cm³/mol. The van der Waals surface area contributed by atoms with Crippen LogP contribution in [-0.2, 0) is 60.1 Å². The Morgan fingerprint density at radius 1 is 0.672 bits per heavy atom. The van der Waals surface area contributed by atoms with Crippen LogP contribution < -0.4 is 4.74 Å². The van der Waals surface area contributed by atoms with Crippen molar-refractivity contribution in [1.29, 1.82) is 0 Å². The molecule has 0 unspecified atom stereocenters. The standard InChI is InChI=1S/C49H59ClO7Si/c1-8-52-42-27-24-36(25-28-42)30-40-31-41(26-29-43(40)50)49(51-5)47(55-34-39-22-16-11-17-23-39)46(54-33-38-20-14-10-15-21-38)45(53-32-37-18-12-9-13-19-37)44(57-49)35-56-58(6,7)48(2,3)4/h9-29,31,44-47H,8,30,32-35H2,1-7H3/t44-,45-,46+,47-,49+/m0/s1. The van der Waals surface area contributed by atoms with E-state index < -0.39 is 38.5 Å². The third kappa shape index (κ3) is 10.9. The van der Waals surface area contributed by atoms with E-state index in [-0.39, 0.29) is 18.3 Å². The predicted octanol–water partition coefficient (Wildman–Crippen LogP) is 11.3. The van der Waals surface area contributed by atoms with Gasteiger partial charge in [-0.3, -0.25) is 0 Å². The molecular weight excluding hydrogens is 764 g/mol. The second kappa shape index (κ2) is 19.9. The van der Waals surface area contributed by atoms with E-state index in [4.69, 9.17) is 44.4 Å². The summed E-state index contributed by atoms with van der Waals surface area (Å²) < 4.78 is 47.8. The van der Waals surface area contributed by atoms with Gasteiger partial charge in [-0.05, 0) is 83.6 Å². The Bertz CT molecular complexity index is 1990. The quantitative estimate of drug-likeness (QED) is 0.0816. The van der Waals surface area contributed by atoms with Crippen molar-refractivity contribution in [2.75, 3.05) is 20.3 Å². The number of halogens is 1. The number of hydrogen-bond acceptors (Lipinski definition) is 7. The highest BCUT2D eigenvalue weighted by atomic mass is 35.5. The van der Waals surface area contributed by atoms with Gasteiger partial charge in [0, 0.05) is 17.7 Å². The van der Waals surface area contributed by atoms with Crippen LogP contribution in [0.15, 0.2) is 133 Å². The molecule has 5 aromatic carbocycles. The molecule has 1 saturated heterocycles. The minimum absolute atomic E-state index is 0.0309. The van der Waals surface area contributed by atoms with Crippen molar-refractivity contribution in [3.8, 4) is 5.75 Å². The lowest BCUT2D eigenvalue weighted by atomic mass is 9.86. The molecule has 0 radical (unpaired) electrons. The van der Waals surface area contributed by atoms with Gasteiger partial charge in [-0.25, -0.2) is 0 Å². The summed E-state index contributed by atoms with van der Waals surface area (Å²) in [5.41, 5.74) is 5.84. The Morgan fingerprint density at radius 2 is 1.21 bits per heavy atom. The third-order valence-corrected chi connectivity index (χ3v) is 16.2. The molecule has 5 aromatic rings. The Labute approximate surface area is 351 Å². The normalized spacial score (nSPS) is 21.2. The van der Waals surface area contributed by atoms with Crippen LogP contribution in [0.5, 0.6) is 5.75 Å². The van der Waals surface area contributed by atoms with Gasteiger partial charge in [0.05, 0.1) is 33.0 Å². The first-order chi connectivity index (χ1) is 27.9. The molecule has 7 nitrogen and oxygen atoms in total. The molecular formula is C49H59ClO7Si. The molecule has 1 aliphatic heterocycles. The van der Waals surface area contributed by atoms with E-state index in [2.05, 4.69) is 88.5 Å². The molecule has 6 rings (SSSR count). The van der Waals surface area contributed by atoms with Gasteiger partial charge in [0.25, 0.3) is 0 Å². The highest BCUT2D eigenvalue weighted by Gasteiger charge is 2.59. The molecule has 0 N–H and O–H groups in total. The van der Waals surface area contributed by atoms with Crippen molar-refractivity contribution < 1.29 is 32.8 Å². The SMILES string of the molecule is CCOc1ccc(Cc2cc([C@@]3(OC)O[C@@H](CO[Si](C)(C)C(C)(C)C)[C@H](OCc4ccccc4)[C@@H](OCc4ccccc4)[C@@H]3OCc3ccccc3)ccc2Cl)cc1. The van der Waals surface area contributed by atoms with E-state index in [0.29, 0.717) is 31.3 Å². The summed E-state index contributed by atoms with van der Waals surface area (Å²) in [6.07, 6.45) is -2.09. The highest BCUT2D eigenvalue weighted by molar-refractivity contribution is 6.74.